The predicted octanol–water partition coefficient (Wildman–Crippen LogP) is 2.05. The van der Waals surface area contributed by atoms with Crippen molar-refractivity contribution in [3.63, 3.8) is 0 Å². The van der Waals surface area contributed by atoms with Crippen LogP contribution in [0.3, 0.4) is 0 Å². The Labute approximate surface area is 123 Å². The number of nitrogen functional groups attached to an aromatic ring is 1. The van der Waals surface area contributed by atoms with E-state index in [1.807, 2.05) is 24.3 Å². The first-order valence-electron chi connectivity index (χ1n) is 7.35. The maximum Gasteiger partial charge on any atom is 0.236 e. The lowest BCUT2D eigenvalue weighted by Gasteiger charge is -2.31. The summed E-state index contributed by atoms with van der Waals surface area (Å²) in [4.78, 5) is 18.0. The van der Waals surface area contributed by atoms with Crippen molar-refractivity contribution >= 4 is 28.2 Å². The number of rotatable bonds is 4. The van der Waals surface area contributed by atoms with Gasteiger partial charge in [0.25, 0.3) is 0 Å². The standard InChI is InChI=1S/C16H20N4O/c17-13-7-3-6-12-14(8-9-19-16(12)13)20(10-15(18)21)11-4-1-2-5-11/h3,6-9,11H,1-2,4-5,10,17H2,(H2,18,21). The predicted molar refractivity (Wildman–Crippen MR) is 85.0 cm³/mol. The maximum absolute atomic E-state index is 11.5. The van der Waals surface area contributed by atoms with Crippen LogP contribution in [-0.2, 0) is 4.79 Å². The van der Waals surface area contributed by atoms with Crippen LogP contribution in [0.5, 0.6) is 0 Å². The topological polar surface area (TPSA) is 85.2 Å². The van der Waals surface area contributed by atoms with Crippen molar-refractivity contribution in [1.82, 2.24) is 4.98 Å². The van der Waals surface area contributed by atoms with Crippen LogP contribution in [0.4, 0.5) is 11.4 Å². The number of hydrogen-bond acceptors (Lipinski definition) is 4. The third kappa shape index (κ3) is 2.63. The Morgan fingerprint density at radius 1 is 1.29 bits per heavy atom. The number of fused-ring (bicyclic) bond motifs is 1. The number of carbonyl (C=O) groups excluding carboxylic acids is 1. The number of anilines is 2. The van der Waals surface area contributed by atoms with Crippen molar-refractivity contribution in [3.05, 3.63) is 30.5 Å². The number of amides is 1. The molecule has 2 aromatic rings. The minimum atomic E-state index is -0.309. The van der Waals surface area contributed by atoms with Gasteiger partial charge in [-0.05, 0) is 25.0 Å². The van der Waals surface area contributed by atoms with Gasteiger partial charge in [-0.25, -0.2) is 0 Å². The van der Waals surface area contributed by atoms with E-state index < -0.39 is 0 Å². The Kier molecular flexibility index (Phi) is 3.64. The molecule has 1 fully saturated rings. The molecule has 1 amide bonds. The number of carbonyl (C=O) groups is 1. The fourth-order valence-electron chi connectivity index (χ4n) is 3.23. The number of para-hydroxylation sites is 1. The van der Waals surface area contributed by atoms with E-state index >= 15 is 0 Å². The van der Waals surface area contributed by atoms with Crippen LogP contribution in [0.2, 0.25) is 0 Å². The first-order valence-corrected chi connectivity index (χ1v) is 7.35. The fraction of sp³-hybridized carbons (Fsp3) is 0.375. The normalized spacial score (nSPS) is 15.4. The molecule has 0 radical (unpaired) electrons. The molecule has 0 bridgehead atoms. The van der Waals surface area contributed by atoms with Crippen molar-refractivity contribution in [2.45, 2.75) is 31.7 Å². The van der Waals surface area contributed by atoms with Gasteiger partial charge >= 0.3 is 0 Å². The smallest absolute Gasteiger partial charge is 0.236 e. The fourth-order valence-corrected chi connectivity index (χ4v) is 3.23. The molecule has 4 N–H and O–H groups in total. The average molecular weight is 284 g/mol. The minimum absolute atomic E-state index is 0.235. The molecule has 1 aromatic carbocycles. The summed E-state index contributed by atoms with van der Waals surface area (Å²) in [5.74, 6) is -0.309. The largest absolute Gasteiger partial charge is 0.397 e. The Morgan fingerprint density at radius 2 is 2.05 bits per heavy atom. The number of benzene rings is 1. The molecule has 0 unspecified atom stereocenters. The molecule has 5 nitrogen and oxygen atoms in total. The van der Waals surface area contributed by atoms with Crippen molar-refractivity contribution in [1.29, 1.82) is 0 Å². The van der Waals surface area contributed by atoms with Gasteiger partial charge in [0.1, 0.15) is 0 Å². The number of nitrogens with zero attached hydrogens (tertiary/aromatic N) is 2. The van der Waals surface area contributed by atoms with Gasteiger partial charge in [0.05, 0.1) is 17.7 Å². The highest BCUT2D eigenvalue weighted by molar-refractivity contribution is 5.99. The molecule has 21 heavy (non-hydrogen) atoms. The third-order valence-corrected chi connectivity index (χ3v) is 4.18. The molecular weight excluding hydrogens is 264 g/mol. The molecule has 0 spiro atoms. The van der Waals surface area contributed by atoms with Crippen LogP contribution in [0.25, 0.3) is 10.9 Å². The van der Waals surface area contributed by atoms with Crippen LogP contribution in [0, 0.1) is 0 Å². The van der Waals surface area contributed by atoms with Crippen LogP contribution < -0.4 is 16.4 Å². The minimum Gasteiger partial charge on any atom is -0.397 e. The first kappa shape index (κ1) is 13.7. The number of hydrogen-bond donors (Lipinski definition) is 2. The summed E-state index contributed by atoms with van der Waals surface area (Å²) in [5.41, 5.74) is 13.9. The van der Waals surface area contributed by atoms with Gasteiger partial charge in [-0.1, -0.05) is 25.0 Å². The van der Waals surface area contributed by atoms with Crippen molar-refractivity contribution in [3.8, 4) is 0 Å². The lowest BCUT2D eigenvalue weighted by Crippen LogP contribution is -2.40. The summed E-state index contributed by atoms with van der Waals surface area (Å²) < 4.78 is 0. The lowest BCUT2D eigenvalue weighted by molar-refractivity contribution is -0.116. The second kappa shape index (κ2) is 5.60. The van der Waals surface area contributed by atoms with Gasteiger partial charge in [0.15, 0.2) is 0 Å². The van der Waals surface area contributed by atoms with Crippen molar-refractivity contribution in [2.75, 3.05) is 17.2 Å². The van der Waals surface area contributed by atoms with E-state index in [0.29, 0.717) is 11.7 Å². The van der Waals surface area contributed by atoms with Crippen molar-refractivity contribution < 1.29 is 4.79 Å². The molecule has 1 aromatic heterocycles. The van der Waals surface area contributed by atoms with E-state index in [-0.39, 0.29) is 12.5 Å². The second-order valence-electron chi connectivity index (χ2n) is 5.61. The Bertz CT molecular complexity index is 664. The number of nitrogens with two attached hydrogens (primary N) is 2. The number of pyridine rings is 1. The van der Waals surface area contributed by atoms with Gasteiger partial charge < -0.3 is 16.4 Å². The molecule has 1 aliphatic rings. The van der Waals surface area contributed by atoms with E-state index in [1.165, 1.54) is 12.8 Å². The van der Waals surface area contributed by atoms with E-state index in [0.717, 1.165) is 29.4 Å². The summed E-state index contributed by atoms with van der Waals surface area (Å²) >= 11 is 0. The first-order chi connectivity index (χ1) is 10.2. The molecule has 3 rings (SSSR count). The molecule has 0 saturated heterocycles. The molecule has 0 atom stereocenters. The maximum atomic E-state index is 11.5. The SMILES string of the molecule is NC(=O)CN(c1ccnc2c(N)cccc12)C1CCCC1. The summed E-state index contributed by atoms with van der Waals surface area (Å²) in [6.45, 7) is 0.235. The van der Waals surface area contributed by atoms with Gasteiger partial charge in [0, 0.05) is 23.3 Å². The monoisotopic (exact) mass is 284 g/mol. The zero-order valence-corrected chi connectivity index (χ0v) is 12.0. The van der Waals surface area contributed by atoms with Gasteiger partial charge in [0.2, 0.25) is 5.91 Å². The van der Waals surface area contributed by atoms with Gasteiger partial charge in [-0.3, -0.25) is 9.78 Å². The summed E-state index contributed by atoms with van der Waals surface area (Å²) in [6.07, 6.45) is 6.34. The molecule has 1 heterocycles. The Balaban J connectivity index is 2.10. The summed E-state index contributed by atoms with van der Waals surface area (Å²) in [6, 6.07) is 8.07. The van der Waals surface area contributed by atoms with Gasteiger partial charge in [-0.2, -0.15) is 0 Å². The zero-order valence-electron chi connectivity index (χ0n) is 12.0. The van der Waals surface area contributed by atoms with E-state index in [2.05, 4.69) is 9.88 Å². The third-order valence-electron chi connectivity index (χ3n) is 4.18. The number of primary amides is 1. The zero-order chi connectivity index (χ0) is 14.8. The van der Waals surface area contributed by atoms with Crippen LogP contribution in [0.15, 0.2) is 30.5 Å². The highest BCUT2D eigenvalue weighted by Crippen LogP contribution is 2.33. The molecular formula is C16H20N4O. The number of aromatic nitrogens is 1. The molecule has 5 heteroatoms. The highest BCUT2D eigenvalue weighted by Gasteiger charge is 2.25. The molecule has 1 aliphatic carbocycles. The molecule has 0 aliphatic heterocycles. The molecule has 1 saturated carbocycles. The van der Waals surface area contributed by atoms with Crippen LogP contribution >= 0.6 is 0 Å². The van der Waals surface area contributed by atoms with E-state index in [4.69, 9.17) is 11.5 Å². The second-order valence-corrected chi connectivity index (χ2v) is 5.61. The van der Waals surface area contributed by atoms with E-state index in [1.54, 1.807) is 6.20 Å². The summed E-state index contributed by atoms with van der Waals surface area (Å²) in [5, 5.41) is 0.977. The van der Waals surface area contributed by atoms with E-state index in [9.17, 15) is 4.79 Å². The molecule has 110 valence electrons. The Hall–Kier alpha value is -2.30. The van der Waals surface area contributed by atoms with Crippen LogP contribution in [-0.4, -0.2) is 23.5 Å². The quantitative estimate of drug-likeness (QED) is 0.841. The van der Waals surface area contributed by atoms with Crippen LogP contribution in [0.1, 0.15) is 25.7 Å². The summed E-state index contributed by atoms with van der Waals surface area (Å²) in [7, 11) is 0. The lowest BCUT2D eigenvalue weighted by atomic mass is 10.1. The van der Waals surface area contributed by atoms with Gasteiger partial charge in [-0.15, -0.1) is 0 Å². The highest BCUT2D eigenvalue weighted by atomic mass is 16.1. The Morgan fingerprint density at radius 3 is 2.76 bits per heavy atom. The van der Waals surface area contributed by atoms with Crippen molar-refractivity contribution in [2.24, 2.45) is 5.73 Å². The average Bonchev–Trinajstić information content (AvgIpc) is 2.99.